The van der Waals surface area contributed by atoms with Crippen LogP contribution in [0, 0.1) is 11.7 Å². The van der Waals surface area contributed by atoms with E-state index in [0.717, 1.165) is 47.7 Å². The number of fused-ring (bicyclic) bond motifs is 2. The highest BCUT2D eigenvalue weighted by Gasteiger charge is 2.45. The molecule has 4 aromatic rings. The van der Waals surface area contributed by atoms with Gasteiger partial charge in [0.1, 0.15) is 11.9 Å². The zero-order chi connectivity index (χ0) is 41.9. The van der Waals surface area contributed by atoms with E-state index in [4.69, 9.17) is 0 Å². The van der Waals surface area contributed by atoms with E-state index in [9.17, 15) is 33.6 Å². The molecular weight excluding hydrogens is 774 g/mol. The van der Waals surface area contributed by atoms with Gasteiger partial charge in [0, 0.05) is 92.0 Å². The van der Waals surface area contributed by atoms with Crippen molar-refractivity contribution in [3.8, 4) is 0 Å². The number of rotatable bonds is 10. The fourth-order valence-electron chi connectivity index (χ4n) is 8.24. The Kier molecular flexibility index (Phi) is 11.4. The Hall–Kier alpha value is -6.88. The first-order valence-electron chi connectivity index (χ1n) is 20.0. The molecule has 0 bridgehead atoms. The topological polar surface area (TPSA) is 196 Å². The van der Waals surface area contributed by atoms with Gasteiger partial charge in [0.2, 0.25) is 23.6 Å². The average Bonchev–Trinajstić information content (AvgIpc) is 3.80. The van der Waals surface area contributed by atoms with Crippen molar-refractivity contribution in [2.45, 2.75) is 38.1 Å². The highest BCUT2D eigenvalue weighted by Crippen LogP contribution is 2.33. The van der Waals surface area contributed by atoms with E-state index in [2.05, 4.69) is 31.2 Å². The standard InChI is InChI=1S/C43H44FN9O7/c44-33-24-31-32(42(59)53(41(31)58)35-7-8-38(55)49-40(35)57)25-36(33)51-21-19-50(20-22-51)16-12-26-13-17-52(18-14-26)39(56)10-9-37(54)46-28-1-3-29(4-2-28)47-43(60)48-30-5-6-34-27(23-30)11-15-45-34/h1-6,9-11,15,23-26,35,45H,7-8,12-14,16-22H2,(H,46,54)(H2,47,48,60)(H,49,55,57)/b10-9+. The van der Waals surface area contributed by atoms with E-state index in [1.807, 2.05) is 29.3 Å². The number of likely N-dealkylation sites (tertiary alicyclic amines) is 1. The summed E-state index contributed by atoms with van der Waals surface area (Å²) in [5.74, 6) is -3.45. The molecule has 5 N–H and O–H groups in total. The predicted octanol–water partition coefficient (Wildman–Crippen LogP) is 4.30. The fraction of sp³-hybridized carbons (Fsp3) is 0.326. The van der Waals surface area contributed by atoms with Gasteiger partial charge in [0.25, 0.3) is 11.8 Å². The summed E-state index contributed by atoms with van der Waals surface area (Å²) in [4.78, 5) is 98.1. The molecule has 0 aliphatic carbocycles. The summed E-state index contributed by atoms with van der Waals surface area (Å²) in [6, 6.07) is 15.1. The molecule has 1 aromatic heterocycles. The van der Waals surface area contributed by atoms with Crippen LogP contribution in [0.5, 0.6) is 0 Å². The highest BCUT2D eigenvalue weighted by molar-refractivity contribution is 6.23. The van der Waals surface area contributed by atoms with Crippen molar-refractivity contribution in [1.82, 2.24) is 25.0 Å². The maximum atomic E-state index is 15.4. The number of imide groups is 2. The number of halogens is 1. The third-order valence-corrected chi connectivity index (χ3v) is 11.6. The molecule has 3 aromatic carbocycles. The number of aromatic nitrogens is 1. The lowest BCUT2D eigenvalue weighted by atomic mass is 9.93. The summed E-state index contributed by atoms with van der Waals surface area (Å²) < 4.78 is 15.4. The molecule has 3 saturated heterocycles. The number of carbonyl (C=O) groups is 7. The van der Waals surface area contributed by atoms with Crippen LogP contribution in [0.15, 0.2) is 79.0 Å². The molecule has 1 atom stereocenters. The molecule has 310 valence electrons. The number of nitrogens with zero attached hydrogens (tertiary/aromatic N) is 4. The van der Waals surface area contributed by atoms with Gasteiger partial charge in [-0.15, -0.1) is 0 Å². The van der Waals surface area contributed by atoms with Crippen LogP contribution >= 0.6 is 0 Å². The number of H-pyrrole nitrogens is 1. The van der Waals surface area contributed by atoms with Crippen LogP contribution < -0.4 is 26.2 Å². The fourth-order valence-corrected chi connectivity index (χ4v) is 8.24. The van der Waals surface area contributed by atoms with Crippen LogP contribution in [0.4, 0.5) is 31.9 Å². The third kappa shape index (κ3) is 8.75. The number of benzene rings is 3. The van der Waals surface area contributed by atoms with Crippen molar-refractivity contribution in [2.24, 2.45) is 5.92 Å². The van der Waals surface area contributed by atoms with Gasteiger partial charge < -0.3 is 30.7 Å². The normalized spacial score (nSPS) is 18.9. The number of amides is 8. The number of urea groups is 1. The number of anilines is 4. The van der Waals surface area contributed by atoms with Gasteiger partial charge in [-0.25, -0.2) is 9.18 Å². The van der Waals surface area contributed by atoms with Gasteiger partial charge in [-0.05, 0) is 98.8 Å². The summed E-state index contributed by atoms with van der Waals surface area (Å²) in [6.07, 6.45) is 7.00. The summed E-state index contributed by atoms with van der Waals surface area (Å²) >= 11 is 0. The maximum absolute atomic E-state index is 15.4. The van der Waals surface area contributed by atoms with E-state index >= 15 is 4.39 Å². The van der Waals surface area contributed by atoms with Gasteiger partial charge in [-0.2, -0.15) is 0 Å². The Morgan fingerprint density at radius 3 is 2.13 bits per heavy atom. The zero-order valence-corrected chi connectivity index (χ0v) is 32.7. The monoisotopic (exact) mass is 817 g/mol. The second kappa shape index (κ2) is 17.1. The first kappa shape index (κ1) is 39.9. The molecule has 0 saturated carbocycles. The molecular formula is C43H44FN9O7. The smallest absolute Gasteiger partial charge is 0.323 e. The number of aromatic amines is 1. The first-order valence-corrected chi connectivity index (χ1v) is 20.0. The van der Waals surface area contributed by atoms with E-state index in [1.165, 1.54) is 18.2 Å². The van der Waals surface area contributed by atoms with Crippen LogP contribution in [-0.4, -0.2) is 113 Å². The first-order chi connectivity index (χ1) is 29.0. The Labute approximate surface area is 344 Å². The summed E-state index contributed by atoms with van der Waals surface area (Å²) in [7, 11) is 0. The molecule has 5 heterocycles. The Bertz CT molecular complexity index is 2400. The minimum atomic E-state index is -1.11. The molecule has 16 nitrogen and oxygen atoms in total. The Morgan fingerprint density at radius 2 is 1.42 bits per heavy atom. The van der Waals surface area contributed by atoms with Crippen LogP contribution in [0.1, 0.15) is 52.8 Å². The number of carbonyl (C=O) groups excluding carboxylic acids is 7. The molecule has 8 rings (SSSR count). The largest absolute Gasteiger partial charge is 0.367 e. The van der Waals surface area contributed by atoms with Crippen molar-refractivity contribution in [3.05, 3.63) is 96.0 Å². The molecule has 1 unspecified atom stereocenters. The van der Waals surface area contributed by atoms with E-state index in [1.54, 1.807) is 35.2 Å². The highest BCUT2D eigenvalue weighted by atomic mass is 19.1. The average molecular weight is 818 g/mol. The van der Waals surface area contributed by atoms with Crippen LogP contribution in [-0.2, 0) is 19.2 Å². The minimum absolute atomic E-state index is 0.00342. The third-order valence-electron chi connectivity index (χ3n) is 11.6. The molecule has 8 amide bonds. The lowest BCUT2D eigenvalue weighted by Gasteiger charge is -2.37. The van der Waals surface area contributed by atoms with Crippen molar-refractivity contribution in [2.75, 3.05) is 66.7 Å². The summed E-state index contributed by atoms with van der Waals surface area (Å²) in [6.45, 7) is 4.44. The molecule has 4 aliphatic rings. The van der Waals surface area contributed by atoms with Crippen molar-refractivity contribution in [3.63, 3.8) is 0 Å². The van der Waals surface area contributed by atoms with Gasteiger partial charge in [-0.3, -0.25) is 43.9 Å². The second-order valence-electron chi connectivity index (χ2n) is 15.4. The maximum Gasteiger partial charge on any atom is 0.323 e. The lowest BCUT2D eigenvalue weighted by molar-refractivity contribution is -0.136. The van der Waals surface area contributed by atoms with Gasteiger partial charge >= 0.3 is 6.03 Å². The number of nitrogens with one attached hydrogen (secondary N) is 5. The zero-order valence-electron chi connectivity index (χ0n) is 32.7. The quantitative estimate of drug-likeness (QED) is 0.115. The second-order valence-corrected chi connectivity index (χ2v) is 15.4. The van der Waals surface area contributed by atoms with E-state index in [-0.39, 0.29) is 35.6 Å². The van der Waals surface area contributed by atoms with E-state index < -0.39 is 47.4 Å². The molecule has 0 spiro atoms. The van der Waals surface area contributed by atoms with E-state index in [0.29, 0.717) is 62.2 Å². The van der Waals surface area contributed by atoms with Gasteiger partial charge in [0.15, 0.2) is 0 Å². The molecule has 4 aliphatic heterocycles. The molecule has 3 fully saturated rings. The van der Waals surface area contributed by atoms with Crippen molar-refractivity contribution in [1.29, 1.82) is 0 Å². The Balaban J connectivity index is 0.734. The van der Waals surface area contributed by atoms with Gasteiger partial charge in [-0.1, -0.05) is 0 Å². The number of piperidine rings is 2. The van der Waals surface area contributed by atoms with Crippen LogP contribution in [0.3, 0.4) is 0 Å². The predicted molar refractivity (Wildman–Crippen MR) is 221 cm³/mol. The lowest BCUT2D eigenvalue weighted by Crippen LogP contribution is -2.54. The molecule has 17 heteroatoms. The van der Waals surface area contributed by atoms with Crippen LogP contribution in [0.2, 0.25) is 0 Å². The SMILES string of the molecule is O=C(/C=C/C(=O)N1CCC(CCN2CCN(c3cc4c(cc3F)C(=O)N(C3CCC(=O)NC3=O)C4=O)CC2)CC1)Nc1ccc(NC(=O)Nc2ccc3[nH]ccc3c2)cc1. The Morgan fingerprint density at radius 1 is 0.750 bits per heavy atom. The summed E-state index contributed by atoms with van der Waals surface area (Å²) in [5, 5.41) is 11.4. The summed E-state index contributed by atoms with van der Waals surface area (Å²) in [5.41, 5.74) is 2.87. The number of piperazine rings is 1. The van der Waals surface area contributed by atoms with Crippen molar-refractivity contribution >= 4 is 75.1 Å². The molecule has 0 radical (unpaired) electrons. The molecule has 60 heavy (non-hydrogen) atoms. The minimum Gasteiger partial charge on any atom is -0.367 e. The van der Waals surface area contributed by atoms with Crippen LogP contribution in [0.25, 0.3) is 10.9 Å². The van der Waals surface area contributed by atoms with Gasteiger partial charge in [0.05, 0.1) is 16.8 Å². The number of hydrogen-bond donors (Lipinski definition) is 5. The number of hydrogen-bond acceptors (Lipinski definition) is 9. The van der Waals surface area contributed by atoms with Crippen molar-refractivity contribution < 1.29 is 38.0 Å².